The molecule has 0 amide bonds. The Morgan fingerprint density at radius 3 is 2.43 bits per heavy atom. The van der Waals surface area contributed by atoms with Crippen LogP contribution in [0.25, 0.3) is 16.6 Å². The summed E-state index contributed by atoms with van der Waals surface area (Å²) in [7, 11) is 0. The van der Waals surface area contributed by atoms with Crippen molar-refractivity contribution in [2.45, 2.75) is 13.0 Å². The van der Waals surface area contributed by atoms with Gasteiger partial charge in [0.2, 0.25) is 5.43 Å². The molecule has 0 bridgehead atoms. The molecule has 0 spiro atoms. The zero-order chi connectivity index (χ0) is 20.9. The first-order valence-corrected chi connectivity index (χ1v) is 9.18. The van der Waals surface area contributed by atoms with Gasteiger partial charge in [0.15, 0.2) is 0 Å². The van der Waals surface area contributed by atoms with Crippen LogP contribution in [0.1, 0.15) is 17.3 Å². The van der Waals surface area contributed by atoms with E-state index < -0.39 is 22.8 Å². The highest BCUT2D eigenvalue weighted by Crippen LogP contribution is 2.30. The fourth-order valence-corrected chi connectivity index (χ4v) is 3.74. The fraction of sp³-hybridized carbons (Fsp3) is 0.238. The van der Waals surface area contributed by atoms with Gasteiger partial charge in [-0.15, -0.1) is 12.4 Å². The number of carbonyl (C=O) groups is 1. The standard InChI is InChI=1S/C21H20FN3O4.ClH/c1-11-8-24(10-17(11)23)19-7-18-14(6-16(19)22)20(27)15(21(28)29)9-25(18)12-2-4-13(26)5-3-12;/h2-7,9,11,17,26H,8,10,23H2,1H3,(H,28,29);1H/t11-,17+;/m0./s1. The lowest BCUT2D eigenvalue weighted by Gasteiger charge is -2.21. The van der Waals surface area contributed by atoms with Gasteiger partial charge in [0.25, 0.3) is 0 Å². The van der Waals surface area contributed by atoms with E-state index in [2.05, 4.69) is 0 Å². The van der Waals surface area contributed by atoms with Crippen molar-refractivity contribution in [3.05, 3.63) is 64.2 Å². The van der Waals surface area contributed by atoms with Crippen LogP contribution in [0.5, 0.6) is 5.75 Å². The van der Waals surface area contributed by atoms with E-state index in [1.165, 1.54) is 22.9 Å². The Morgan fingerprint density at radius 2 is 1.87 bits per heavy atom. The smallest absolute Gasteiger partial charge is 0.341 e. The van der Waals surface area contributed by atoms with E-state index >= 15 is 0 Å². The Labute approximate surface area is 177 Å². The van der Waals surface area contributed by atoms with Gasteiger partial charge in [0, 0.05) is 36.4 Å². The topological polar surface area (TPSA) is 109 Å². The van der Waals surface area contributed by atoms with Crippen LogP contribution < -0.4 is 16.1 Å². The number of aromatic hydroxyl groups is 1. The van der Waals surface area contributed by atoms with Crippen LogP contribution in [0, 0.1) is 11.7 Å². The Balaban J connectivity index is 0.00000256. The summed E-state index contributed by atoms with van der Waals surface area (Å²) in [5.74, 6) is -1.76. The highest BCUT2D eigenvalue weighted by Gasteiger charge is 2.29. The first-order valence-electron chi connectivity index (χ1n) is 9.18. The van der Waals surface area contributed by atoms with Crippen molar-refractivity contribution >= 4 is 35.0 Å². The number of carboxylic acids is 1. The van der Waals surface area contributed by atoms with Gasteiger partial charge < -0.3 is 25.4 Å². The fourth-order valence-electron chi connectivity index (χ4n) is 3.74. The number of benzene rings is 2. The van der Waals surface area contributed by atoms with Gasteiger partial charge in [-0.05, 0) is 42.3 Å². The van der Waals surface area contributed by atoms with Crippen LogP contribution in [0.4, 0.5) is 10.1 Å². The summed E-state index contributed by atoms with van der Waals surface area (Å²) in [5.41, 5.74) is 6.07. The van der Waals surface area contributed by atoms with E-state index in [9.17, 15) is 24.2 Å². The minimum atomic E-state index is -1.40. The van der Waals surface area contributed by atoms with Crippen LogP contribution in [0.2, 0.25) is 0 Å². The van der Waals surface area contributed by atoms with Crippen molar-refractivity contribution in [3.8, 4) is 11.4 Å². The monoisotopic (exact) mass is 433 g/mol. The normalized spacial score (nSPS) is 18.4. The number of aromatic carboxylic acids is 1. The number of rotatable bonds is 3. The van der Waals surface area contributed by atoms with E-state index in [1.807, 2.05) is 11.8 Å². The minimum absolute atomic E-state index is 0. The number of halogens is 2. The third-order valence-electron chi connectivity index (χ3n) is 5.44. The Hall–Kier alpha value is -3.10. The van der Waals surface area contributed by atoms with Crippen LogP contribution in [0.15, 0.2) is 47.4 Å². The molecule has 0 unspecified atom stereocenters. The summed E-state index contributed by atoms with van der Waals surface area (Å²) in [4.78, 5) is 26.1. The maximum Gasteiger partial charge on any atom is 0.341 e. The highest BCUT2D eigenvalue weighted by molar-refractivity contribution is 5.94. The SMILES string of the molecule is C[C@H]1CN(c2cc3c(cc2F)c(=O)c(C(=O)O)cn3-c2ccc(O)cc2)C[C@H]1N.Cl. The average Bonchev–Trinajstić information content (AvgIpc) is 3.01. The molecule has 4 rings (SSSR count). The summed E-state index contributed by atoms with van der Waals surface area (Å²) in [6.45, 7) is 3.07. The molecule has 1 saturated heterocycles. The number of nitrogens with zero attached hydrogens (tertiary/aromatic N) is 2. The first-order chi connectivity index (χ1) is 13.8. The largest absolute Gasteiger partial charge is 0.508 e. The maximum atomic E-state index is 14.9. The molecule has 2 atom stereocenters. The molecular weight excluding hydrogens is 413 g/mol. The number of phenolic OH excluding ortho intramolecular Hbond substituents is 1. The highest BCUT2D eigenvalue weighted by atomic mass is 35.5. The van der Waals surface area contributed by atoms with Crippen LogP contribution >= 0.6 is 12.4 Å². The van der Waals surface area contributed by atoms with Gasteiger partial charge in [0.1, 0.15) is 17.1 Å². The van der Waals surface area contributed by atoms with E-state index in [0.717, 1.165) is 6.07 Å². The molecular formula is C21H21ClFN3O4. The van der Waals surface area contributed by atoms with Gasteiger partial charge in [0.05, 0.1) is 11.2 Å². The predicted molar refractivity (Wildman–Crippen MR) is 115 cm³/mol. The molecule has 3 aromatic rings. The van der Waals surface area contributed by atoms with E-state index in [1.54, 1.807) is 18.2 Å². The Morgan fingerprint density at radius 1 is 1.20 bits per heavy atom. The number of carboxylic acid groups (broad SMARTS) is 1. The molecule has 9 heteroatoms. The van der Waals surface area contributed by atoms with Gasteiger partial charge in [-0.2, -0.15) is 0 Å². The molecule has 1 aromatic heterocycles. The zero-order valence-electron chi connectivity index (χ0n) is 16.1. The maximum absolute atomic E-state index is 14.9. The first kappa shape index (κ1) is 21.6. The van der Waals surface area contributed by atoms with E-state index in [4.69, 9.17) is 5.73 Å². The summed E-state index contributed by atoms with van der Waals surface area (Å²) in [5, 5.41) is 19.0. The molecule has 4 N–H and O–H groups in total. The summed E-state index contributed by atoms with van der Waals surface area (Å²) in [6, 6.07) is 8.62. The van der Waals surface area contributed by atoms with Gasteiger partial charge in [-0.25, -0.2) is 9.18 Å². The van der Waals surface area contributed by atoms with Crippen molar-refractivity contribution in [2.24, 2.45) is 11.7 Å². The third kappa shape index (κ3) is 3.59. The summed E-state index contributed by atoms with van der Waals surface area (Å²) in [6.07, 6.45) is 1.22. The molecule has 30 heavy (non-hydrogen) atoms. The number of nitrogens with two attached hydrogens (primary N) is 1. The average molecular weight is 434 g/mol. The van der Waals surface area contributed by atoms with Crippen molar-refractivity contribution in [1.82, 2.24) is 4.57 Å². The molecule has 7 nitrogen and oxygen atoms in total. The number of hydrogen-bond donors (Lipinski definition) is 3. The summed E-state index contributed by atoms with van der Waals surface area (Å²) < 4.78 is 16.4. The second kappa shape index (κ2) is 7.97. The Bertz CT molecular complexity index is 1170. The van der Waals surface area contributed by atoms with E-state index in [-0.39, 0.29) is 35.5 Å². The van der Waals surface area contributed by atoms with Crippen molar-refractivity contribution in [1.29, 1.82) is 0 Å². The molecule has 2 heterocycles. The number of hydrogen-bond acceptors (Lipinski definition) is 5. The van der Waals surface area contributed by atoms with Gasteiger partial charge in [-0.3, -0.25) is 4.79 Å². The number of pyridine rings is 1. The van der Waals surface area contributed by atoms with Crippen LogP contribution in [-0.4, -0.2) is 39.9 Å². The summed E-state index contributed by atoms with van der Waals surface area (Å²) >= 11 is 0. The lowest BCUT2D eigenvalue weighted by molar-refractivity contribution is 0.0695. The lowest BCUT2D eigenvalue weighted by Crippen LogP contribution is -2.28. The second-order valence-electron chi connectivity index (χ2n) is 7.43. The molecule has 1 aliphatic heterocycles. The van der Waals surface area contributed by atoms with Crippen molar-refractivity contribution in [2.75, 3.05) is 18.0 Å². The number of aromatic nitrogens is 1. The number of phenols is 1. The molecule has 1 fully saturated rings. The molecule has 0 aliphatic carbocycles. The number of fused-ring (bicyclic) bond motifs is 1. The van der Waals surface area contributed by atoms with Gasteiger partial charge in [-0.1, -0.05) is 6.92 Å². The van der Waals surface area contributed by atoms with E-state index in [0.29, 0.717) is 30.0 Å². The van der Waals surface area contributed by atoms with Gasteiger partial charge >= 0.3 is 5.97 Å². The molecule has 0 radical (unpaired) electrons. The van der Waals surface area contributed by atoms with Crippen molar-refractivity contribution in [3.63, 3.8) is 0 Å². The van der Waals surface area contributed by atoms with Crippen LogP contribution in [-0.2, 0) is 0 Å². The van der Waals surface area contributed by atoms with Crippen LogP contribution in [0.3, 0.4) is 0 Å². The second-order valence-corrected chi connectivity index (χ2v) is 7.43. The lowest BCUT2D eigenvalue weighted by atomic mass is 10.1. The third-order valence-corrected chi connectivity index (χ3v) is 5.44. The quantitative estimate of drug-likeness (QED) is 0.586. The molecule has 0 saturated carbocycles. The molecule has 2 aromatic carbocycles. The van der Waals surface area contributed by atoms with Crippen molar-refractivity contribution < 1.29 is 19.4 Å². The number of anilines is 1. The molecule has 1 aliphatic rings. The Kier molecular flexibility index (Phi) is 5.74. The predicted octanol–water partition coefficient (Wildman–Crippen LogP) is 2.74. The minimum Gasteiger partial charge on any atom is -0.508 e. The molecule has 158 valence electrons. The zero-order valence-corrected chi connectivity index (χ0v) is 16.9.